The number of nitrogens with zero attached hydrogens (tertiary/aromatic N) is 14. The topological polar surface area (TPSA) is 252 Å². The van der Waals surface area contributed by atoms with E-state index in [9.17, 15) is 23.5 Å². The maximum absolute atomic E-state index is 15.1. The molecule has 26 heteroatoms. The molecule has 4 aliphatic rings. The van der Waals surface area contributed by atoms with Crippen molar-refractivity contribution >= 4 is 34.9 Å². The Labute approximate surface area is 434 Å². The number of hydrogen-bond donors (Lipinski definition) is 6. The van der Waals surface area contributed by atoms with Crippen molar-refractivity contribution in [2.24, 2.45) is 14.1 Å². The van der Waals surface area contributed by atoms with Crippen LogP contribution in [-0.4, -0.2) is 141 Å². The SMILES string of the molecule is Cn1nnn(-c2cc(Nc3ncc(F)c(N[C@@H]4C[C@@H]5CCCN5C(C)(C)C4)n3)c(F)cc2C#CCO)c1=O.Cn1nnn(-c2cc(Nc3ncc(F)c(N[C@@H]4C[C@@H]5CCCN5C(C)(C)C4)n3)c(F)cc2CCCO)c1=O. The van der Waals surface area contributed by atoms with E-state index in [0.29, 0.717) is 36.2 Å². The van der Waals surface area contributed by atoms with E-state index in [1.807, 2.05) is 0 Å². The fraction of sp³-hybridized carbons (Fsp3) is 0.520. The quantitative estimate of drug-likeness (QED) is 0.0690. The largest absolute Gasteiger partial charge is 0.396 e. The van der Waals surface area contributed by atoms with Gasteiger partial charge in [-0.05, 0) is 156 Å². The summed E-state index contributed by atoms with van der Waals surface area (Å²) in [4.78, 5) is 46.6. The number of rotatable bonds is 13. The van der Waals surface area contributed by atoms with Crippen LogP contribution in [0.25, 0.3) is 11.4 Å². The third-order valence-corrected chi connectivity index (χ3v) is 14.6. The molecule has 0 unspecified atom stereocenters. The summed E-state index contributed by atoms with van der Waals surface area (Å²) in [5.74, 6) is 2.59. The van der Waals surface area contributed by atoms with E-state index in [4.69, 9.17) is 5.11 Å². The molecule has 4 aromatic heterocycles. The zero-order valence-electron chi connectivity index (χ0n) is 43.2. The molecule has 0 bridgehead atoms. The summed E-state index contributed by atoms with van der Waals surface area (Å²) >= 11 is 0. The number of piperidine rings is 2. The van der Waals surface area contributed by atoms with Gasteiger partial charge in [0.25, 0.3) is 0 Å². The molecule has 4 saturated heterocycles. The minimum Gasteiger partial charge on any atom is -0.396 e. The number of aliphatic hydroxyl groups is 2. The number of halogens is 4. The molecule has 0 spiro atoms. The van der Waals surface area contributed by atoms with Crippen molar-refractivity contribution < 1.29 is 27.8 Å². The van der Waals surface area contributed by atoms with E-state index in [1.54, 1.807) is 0 Å². The molecule has 4 aliphatic heterocycles. The number of aryl methyl sites for hydroxylation is 3. The van der Waals surface area contributed by atoms with Crippen molar-refractivity contribution in [3.63, 3.8) is 0 Å². The molecular formula is C50H62F4N18O4. The van der Waals surface area contributed by atoms with Gasteiger partial charge in [-0.2, -0.15) is 28.7 Å². The van der Waals surface area contributed by atoms with Crippen LogP contribution in [0, 0.1) is 35.1 Å². The Morgan fingerprint density at radius 1 is 0.671 bits per heavy atom. The van der Waals surface area contributed by atoms with Crippen molar-refractivity contribution in [3.05, 3.63) is 92.0 Å². The molecule has 404 valence electrons. The lowest BCUT2D eigenvalue weighted by molar-refractivity contribution is 0.0498. The number of aromatic nitrogens is 12. The first-order valence-corrected chi connectivity index (χ1v) is 25.3. The lowest BCUT2D eigenvalue weighted by Crippen LogP contribution is -2.55. The normalized spacial score (nSPS) is 20.7. The fourth-order valence-corrected chi connectivity index (χ4v) is 11.3. The lowest BCUT2D eigenvalue weighted by atomic mass is 9.84. The second-order valence-electron chi connectivity index (χ2n) is 20.9. The standard InChI is InChI=1S/C25H33F2N9O2.C25H29F2N9O2/c2*1-25(2)13-16(11-17-7-4-8-35(17)25)29-22-19(27)14-28-23(31-22)30-20-12-21(36-24(38)34(3)32-33-36)15(6-5-9-37)10-18(20)26/h10,12,14,16-17,37H,4-9,11,13H2,1-3H3,(H2,28,29,30,31);10,12,14,16-17,37H,4,7-9,11,13H2,1-3H3,(H2,28,29,30,31)/t2*16-,17+/m11/s1. The Bertz CT molecular complexity index is 3280. The molecule has 6 aromatic rings. The first-order valence-electron chi connectivity index (χ1n) is 25.3. The van der Waals surface area contributed by atoms with Crippen molar-refractivity contribution in [2.45, 2.75) is 127 Å². The van der Waals surface area contributed by atoms with Gasteiger partial charge in [-0.1, -0.05) is 11.8 Å². The minimum absolute atomic E-state index is 0.00259. The monoisotopic (exact) mass is 1050 g/mol. The molecule has 4 fully saturated rings. The average Bonchev–Trinajstić information content (AvgIpc) is 4.22. The molecule has 10 rings (SSSR count). The molecule has 0 aliphatic carbocycles. The number of aliphatic hydroxyl groups excluding tert-OH is 2. The molecule has 4 atom stereocenters. The second-order valence-corrected chi connectivity index (χ2v) is 20.9. The Kier molecular flexibility index (Phi) is 15.5. The summed E-state index contributed by atoms with van der Waals surface area (Å²) in [7, 11) is 2.88. The molecule has 0 saturated carbocycles. The Hall–Kier alpha value is -7.34. The van der Waals surface area contributed by atoms with E-state index in [-0.39, 0.29) is 75.9 Å². The Morgan fingerprint density at radius 3 is 1.63 bits per heavy atom. The summed E-state index contributed by atoms with van der Waals surface area (Å²) in [6.45, 7) is 10.5. The van der Waals surface area contributed by atoms with E-state index in [1.165, 1.54) is 38.7 Å². The van der Waals surface area contributed by atoms with Crippen LogP contribution < -0.4 is 32.6 Å². The summed E-state index contributed by atoms with van der Waals surface area (Å²) in [6, 6.07) is 6.07. The molecule has 8 heterocycles. The van der Waals surface area contributed by atoms with Gasteiger partial charge in [-0.25, -0.2) is 37.1 Å². The number of anilines is 6. The number of nitrogens with one attached hydrogen (secondary N) is 4. The van der Waals surface area contributed by atoms with Gasteiger partial charge in [0.2, 0.25) is 11.9 Å². The molecular weight excluding hydrogens is 993 g/mol. The maximum Gasteiger partial charge on any atom is 0.368 e. The van der Waals surface area contributed by atoms with Crippen LogP contribution in [0.2, 0.25) is 0 Å². The smallest absolute Gasteiger partial charge is 0.368 e. The van der Waals surface area contributed by atoms with Gasteiger partial charge in [-0.15, -0.1) is 0 Å². The first-order chi connectivity index (χ1) is 36.3. The highest BCUT2D eigenvalue weighted by atomic mass is 19.1. The highest BCUT2D eigenvalue weighted by Gasteiger charge is 2.44. The number of benzene rings is 2. The Morgan fingerprint density at radius 2 is 1.16 bits per heavy atom. The van der Waals surface area contributed by atoms with E-state index in [2.05, 4.69) is 111 Å². The van der Waals surface area contributed by atoms with Crippen LogP contribution in [-0.2, 0) is 20.5 Å². The average molecular weight is 1060 g/mol. The highest BCUT2D eigenvalue weighted by Crippen LogP contribution is 2.40. The molecule has 2 aromatic carbocycles. The highest BCUT2D eigenvalue weighted by molar-refractivity contribution is 5.65. The van der Waals surface area contributed by atoms with Gasteiger partial charge in [-0.3, -0.25) is 9.80 Å². The number of tetrazole rings is 2. The van der Waals surface area contributed by atoms with Crippen molar-refractivity contribution in [1.82, 2.24) is 69.3 Å². The lowest BCUT2D eigenvalue weighted by Gasteiger charge is -2.47. The van der Waals surface area contributed by atoms with Gasteiger partial charge in [0.05, 0.1) is 40.7 Å². The Balaban J connectivity index is 0.000000186. The van der Waals surface area contributed by atoms with Crippen LogP contribution in [0.1, 0.15) is 96.6 Å². The van der Waals surface area contributed by atoms with Crippen molar-refractivity contribution in [2.75, 3.05) is 47.6 Å². The predicted molar refractivity (Wildman–Crippen MR) is 274 cm³/mol. The molecule has 76 heavy (non-hydrogen) atoms. The number of fused-ring (bicyclic) bond motifs is 2. The predicted octanol–water partition coefficient (Wildman–Crippen LogP) is 4.46. The van der Waals surface area contributed by atoms with E-state index < -0.39 is 41.3 Å². The minimum atomic E-state index is -0.717. The molecule has 0 amide bonds. The van der Waals surface area contributed by atoms with Gasteiger partial charge in [0.15, 0.2) is 23.3 Å². The van der Waals surface area contributed by atoms with E-state index >= 15 is 8.78 Å². The van der Waals surface area contributed by atoms with Crippen molar-refractivity contribution in [3.8, 4) is 23.2 Å². The third kappa shape index (κ3) is 11.4. The van der Waals surface area contributed by atoms with Gasteiger partial charge in [0, 0.05) is 55.9 Å². The summed E-state index contributed by atoms with van der Waals surface area (Å²) in [5, 5.41) is 45.5. The van der Waals surface area contributed by atoms with Crippen LogP contribution in [0.3, 0.4) is 0 Å². The maximum atomic E-state index is 15.1. The van der Waals surface area contributed by atoms with Crippen LogP contribution in [0.5, 0.6) is 0 Å². The zero-order valence-corrected chi connectivity index (χ0v) is 43.2. The second kappa shape index (κ2) is 22.1. The first kappa shape index (κ1) is 53.5. The van der Waals surface area contributed by atoms with Gasteiger partial charge >= 0.3 is 11.4 Å². The fourth-order valence-electron chi connectivity index (χ4n) is 11.3. The summed E-state index contributed by atoms with van der Waals surface area (Å²) in [6.07, 6.45) is 10.8. The summed E-state index contributed by atoms with van der Waals surface area (Å²) in [5.41, 5.74) is -0.138. The van der Waals surface area contributed by atoms with Crippen LogP contribution in [0.15, 0.2) is 46.2 Å². The van der Waals surface area contributed by atoms with E-state index in [0.717, 1.165) is 95.2 Å². The zero-order chi connectivity index (χ0) is 54.1. The van der Waals surface area contributed by atoms with Gasteiger partial charge < -0.3 is 31.5 Å². The molecule has 22 nitrogen and oxygen atoms in total. The van der Waals surface area contributed by atoms with Gasteiger partial charge in [0.1, 0.15) is 18.2 Å². The molecule has 6 N–H and O–H groups in total. The van der Waals surface area contributed by atoms with Crippen LogP contribution in [0.4, 0.5) is 52.5 Å². The number of hydrogen-bond acceptors (Lipinski definition) is 18. The van der Waals surface area contributed by atoms with Crippen molar-refractivity contribution in [1.29, 1.82) is 0 Å². The molecule has 0 radical (unpaired) electrons. The van der Waals surface area contributed by atoms with Crippen LogP contribution >= 0.6 is 0 Å². The third-order valence-electron chi connectivity index (χ3n) is 14.6. The summed E-state index contributed by atoms with van der Waals surface area (Å²) < 4.78 is 63.7.